The lowest BCUT2D eigenvalue weighted by Crippen LogP contribution is -2.06. The molecule has 0 unspecified atom stereocenters. The minimum Gasteiger partial charge on any atom is -0.362 e. The van der Waals surface area contributed by atoms with Gasteiger partial charge >= 0.3 is 0 Å². The molecule has 2 N–H and O–H groups in total. The summed E-state index contributed by atoms with van der Waals surface area (Å²) in [4.78, 5) is 8.69. The third-order valence-electron chi connectivity index (χ3n) is 2.05. The first kappa shape index (κ1) is 11.9. The molecule has 17 heavy (non-hydrogen) atoms. The van der Waals surface area contributed by atoms with Gasteiger partial charge in [-0.15, -0.1) is 10.2 Å². The van der Waals surface area contributed by atoms with Crippen molar-refractivity contribution < 1.29 is 0 Å². The van der Waals surface area contributed by atoms with Gasteiger partial charge in [-0.25, -0.2) is 9.97 Å². The molecule has 7 nitrogen and oxygen atoms in total. The van der Waals surface area contributed by atoms with Crippen LogP contribution in [0.15, 0.2) is 10.7 Å². The molecule has 0 aliphatic heterocycles. The fourth-order valence-corrected chi connectivity index (χ4v) is 1.61. The van der Waals surface area contributed by atoms with Gasteiger partial charge in [0.05, 0.1) is 6.54 Å². The van der Waals surface area contributed by atoms with Crippen LogP contribution in [0.2, 0.25) is 0 Å². The smallest absolute Gasteiger partial charge is 0.193 e. The van der Waals surface area contributed by atoms with E-state index in [0.29, 0.717) is 12.4 Å². The minimum atomic E-state index is 0.276. The summed E-state index contributed by atoms with van der Waals surface area (Å²) in [7, 11) is 0. The summed E-state index contributed by atoms with van der Waals surface area (Å²) in [6, 6.07) is 1.81. The number of hydrogen-bond donors (Lipinski definition) is 2. The highest BCUT2D eigenvalue weighted by Gasteiger charge is 2.07. The van der Waals surface area contributed by atoms with Crippen LogP contribution in [0.4, 0.5) is 5.82 Å². The van der Waals surface area contributed by atoms with Gasteiger partial charge in [0.25, 0.3) is 0 Å². The number of anilines is 1. The maximum absolute atomic E-state index is 4.39. The second kappa shape index (κ2) is 5.17. The number of rotatable bonds is 4. The Bertz CT molecular complexity index is 482. The first-order valence-electron chi connectivity index (χ1n) is 5.16. The Hall–Kier alpha value is -1.57. The van der Waals surface area contributed by atoms with Crippen LogP contribution in [-0.4, -0.2) is 30.6 Å². The quantitative estimate of drug-likeness (QED) is 0.831. The number of hydrogen-bond acceptors (Lipinski definition) is 6. The van der Waals surface area contributed by atoms with Crippen molar-refractivity contribution in [3.63, 3.8) is 0 Å². The molecule has 0 radical (unpaired) electrons. The normalized spacial score (nSPS) is 10.8. The summed E-state index contributed by atoms with van der Waals surface area (Å²) in [5.41, 5.74) is 0. The molecule has 8 heteroatoms. The van der Waals surface area contributed by atoms with E-state index in [-0.39, 0.29) is 5.92 Å². The Kier molecular flexibility index (Phi) is 3.62. The molecule has 2 aromatic rings. The molecular formula is C9H12BrN7. The summed E-state index contributed by atoms with van der Waals surface area (Å²) in [5.74, 6) is 2.39. The maximum atomic E-state index is 4.39. The first-order chi connectivity index (χ1) is 8.15. The van der Waals surface area contributed by atoms with Crippen molar-refractivity contribution in [1.29, 1.82) is 0 Å². The van der Waals surface area contributed by atoms with E-state index >= 15 is 0 Å². The van der Waals surface area contributed by atoms with Crippen molar-refractivity contribution in [2.75, 3.05) is 5.32 Å². The number of aromatic amines is 1. The maximum Gasteiger partial charge on any atom is 0.193 e. The molecular weight excluding hydrogens is 286 g/mol. The Morgan fingerprint density at radius 2 is 2.24 bits per heavy atom. The average molecular weight is 298 g/mol. The zero-order valence-electron chi connectivity index (χ0n) is 9.48. The van der Waals surface area contributed by atoms with E-state index in [1.54, 1.807) is 0 Å². The summed E-state index contributed by atoms with van der Waals surface area (Å²) in [5, 5.41) is 16.7. The van der Waals surface area contributed by atoms with E-state index in [4.69, 9.17) is 0 Å². The van der Waals surface area contributed by atoms with Gasteiger partial charge in [-0.3, -0.25) is 0 Å². The summed E-state index contributed by atoms with van der Waals surface area (Å²) >= 11 is 3.36. The molecule has 0 saturated carbocycles. The van der Waals surface area contributed by atoms with E-state index in [0.717, 1.165) is 16.2 Å². The van der Waals surface area contributed by atoms with Crippen molar-refractivity contribution in [3.8, 4) is 0 Å². The van der Waals surface area contributed by atoms with E-state index in [1.807, 2.05) is 19.9 Å². The number of nitrogens with zero attached hydrogens (tertiary/aromatic N) is 5. The molecule has 90 valence electrons. The number of H-pyrrole nitrogens is 1. The van der Waals surface area contributed by atoms with Gasteiger partial charge in [0.2, 0.25) is 0 Å². The number of tetrazole rings is 1. The highest BCUT2D eigenvalue weighted by molar-refractivity contribution is 9.10. The van der Waals surface area contributed by atoms with Crippen LogP contribution in [-0.2, 0) is 6.54 Å². The highest BCUT2D eigenvalue weighted by atomic mass is 79.9. The predicted molar refractivity (Wildman–Crippen MR) is 65.3 cm³/mol. The molecule has 0 aliphatic carbocycles. The highest BCUT2D eigenvalue weighted by Crippen LogP contribution is 2.17. The molecule has 2 heterocycles. The zero-order valence-corrected chi connectivity index (χ0v) is 11.1. The standard InChI is InChI=1S/C9H12BrN7/c1-5(2)9-12-6(10)3-7(13-9)11-4-8-14-16-17-15-8/h3,5H,4H2,1-2H3,(H,11,12,13)(H,14,15,16,17). The lowest BCUT2D eigenvalue weighted by atomic mass is 10.2. The van der Waals surface area contributed by atoms with Crippen molar-refractivity contribution in [2.45, 2.75) is 26.3 Å². The second-order valence-electron chi connectivity index (χ2n) is 3.77. The van der Waals surface area contributed by atoms with Crippen LogP contribution in [0, 0.1) is 0 Å². The zero-order chi connectivity index (χ0) is 12.3. The summed E-state index contributed by atoms with van der Waals surface area (Å²) < 4.78 is 0.756. The molecule has 0 bridgehead atoms. The van der Waals surface area contributed by atoms with Crippen LogP contribution in [0.25, 0.3) is 0 Å². The number of aromatic nitrogens is 6. The van der Waals surface area contributed by atoms with Gasteiger partial charge in [-0.2, -0.15) is 5.21 Å². The van der Waals surface area contributed by atoms with Gasteiger partial charge in [-0.05, 0) is 15.9 Å². The van der Waals surface area contributed by atoms with E-state index in [9.17, 15) is 0 Å². The fourth-order valence-electron chi connectivity index (χ4n) is 1.21. The van der Waals surface area contributed by atoms with E-state index < -0.39 is 0 Å². The van der Waals surface area contributed by atoms with Gasteiger partial charge in [0.15, 0.2) is 5.82 Å². The number of halogens is 1. The minimum absolute atomic E-state index is 0.276. The lowest BCUT2D eigenvalue weighted by molar-refractivity contribution is 0.768. The van der Waals surface area contributed by atoms with Crippen LogP contribution >= 0.6 is 15.9 Å². The Morgan fingerprint density at radius 1 is 1.41 bits per heavy atom. The van der Waals surface area contributed by atoms with Gasteiger partial charge in [0.1, 0.15) is 16.2 Å². The fraction of sp³-hybridized carbons (Fsp3) is 0.444. The van der Waals surface area contributed by atoms with E-state index in [1.165, 1.54) is 0 Å². The van der Waals surface area contributed by atoms with Crippen molar-refractivity contribution in [2.24, 2.45) is 0 Å². The second-order valence-corrected chi connectivity index (χ2v) is 4.58. The van der Waals surface area contributed by atoms with E-state index in [2.05, 4.69) is 51.8 Å². The summed E-state index contributed by atoms with van der Waals surface area (Å²) in [6.07, 6.45) is 0. The van der Waals surface area contributed by atoms with Gasteiger partial charge in [0, 0.05) is 12.0 Å². The first-order valence-corrected chi connectivity index (χ1v) is 5.95. The third kappa shape index (κ3) is 3.19. The SMILES string of the molecule is CC(C)c1nc(Br)cc(NCc2nn[nH]n2)n1. The van der Waals surface area contributed by atoms with Crippen LogP contribution in [0.1, 0.15) is 31.4 Å². The molecule has 2 aromatic heterocycles. The van der Waals surface area contributed by atoms with Crippen molar-refractivity contribution in [3.05, 3.63) is 22.3 Å². The Morgan fingerprint density at radius 3 is 2.88 bits per heavy atom. The van der Waals surface area contributed by atoms with Crippen molar-refractivity contribution in [1.82, 2.24) is 30.6 Å². The van der Waals surface area contributed by atoms with Crippen LogP contribution in [0.3, 0.4) is 0 Å². The van der Waals surface area contributed by atoms with Gasteiger partial charge < -0.3 is 5.32 Å². The largest absolute Gasteiger partial charge is 0.362 e. The van der Waals surface area contributed by atoms with Crippen LogP contribution in [0.5, 0.6) is 0 Å². The molecule has 0 amide bonds. The average Bonchev–Trinajstić information content (AvgIpc) is 2.78. The third-order valence-corrected chi connectivity index (χ3v) is 2.45. The summed E-state index contributed by atoms with van der Waals surface area (Å²) in [6.45, 7) is 4.56. The molecule has 0 atom stereocenters. The molecule has 0 saturated heterocycles. The van der Waals surface area contributed by atoms with Gasteiger partial charge in [-0.1, -0.05) is 19.1 Å². The molecule has 2 rings (SSSR count). The number of nitrogens with one attached hydrogen (secondary N) is 2. The lowest BCUT2D eigenvalue weighted by Gasteiger charge is -2.08. The van der Waals surface area contributed by atoms with Crippen LogP contribution < -0.4 is 5.32 Å². The Balaban J connectivity index is 2.10. The predicted octanol–water partition coefficient (Wildman–Crippen LogP) is 1.49. The molecule has 0 spiro atoms. The monoisotopic (exact) mass is 297 g/mol. The molecule has 0 aromatic carbocycles. The topological polar surface area (TPSA) is 92.3 Å². The Labute approximate surface area is 107 Å². The molecule has 0 fully saturated rings. The van der Waals surface area contributed by atoms with Crippen molar-refractivity contribution >= 4 is 21.7 Å². The molecule has 0 aliphatic rings.